The highest BCUT2D eigenvalue weighted by Gasteiger charge is 2.70. The summed E-state index contributed by atoms with van der Waals surface area (Å²) in [5, 5.41) is 25.7. The number of hydrogen-bond acceptors (Lipinski definition) is 4. The number of hydrogen-bond donors (Lipinski definition) is 1. The molecule has 210 valence electrons. The summed E-state index contributed by atoms with van der Waals surface area (Å²) in [5.74, 6) is 2.19. The number of carbonyl (C=O) groups is 1. The summed E-state index contributed by atoms with van der Waals surface area (Å²) in [6, 6.07) is 4.35. The van der Waals surface area contributed by atoms with E-state index in [-0.39, 0.29) is 39.3 Å². The van der Waals surface area contributed by atoms with E-state index in [2.05, 4.69) is 76.6 Å². The summed E-state index contributed by atoms with van der Waals surface area (Å²) in [6.07, 6.45) is 13.2. The van der Waals surface area contributed by atoms with E-state index in [4.69, 9.17) is 0 Å². The van der Waals surface area contributed by atoms with Gasteiger partial charge in [-0.1, -0.05) is 54.0 Å². The van der Waals surface area contributed by atoms with E-state index in [1.807, 2.05) is 12.3 Å². The highest BCUT2D eigenvalue weighted by Crippen LogP contribution is 2.75. The molecule has 5 heteroatoms. The molecule has 1 heterocycles. The van der Waals surface area contributed by atoms with Gasteiger partial charge in [0.05, 0.1) is 11.6 Å². The third kappa shape index (κ3) is 3.30. The average molecular weight is 530 g/mol. The molecule has 3 fully saturated rings. The first-order chi connectivity index (χ1) is 18.2. The fourth-order valence-corrected chi connectivity index (χ4v) is 11.3. The maximum atomic E-state index is 14.7. The molecule has 0 aliphatic heterocycles. The molecule has 0 bridgehead atoms. The Morgan fingerprint density at radius 1 is 1.10 bits per heavy atom. The van der Waals surface area contributed by atoms with Crippen LogP contribution in [0.5, 0.6) is 0 Å². The highest BCUT2D eigenvalue weighted by molar-refractivity contribution is 5.95. The average Bonchev–Trinajstić information content (AvgIpc) is 3.39. The Balaban J connectivity index is 1.50. The topological polar surface area (TPSA) is 78.9 Å². The molecular weight excluding hydrogens is 482 g/mol. The Kier molecular flexibility index (Phi) is 5.74. The molecular formula is C34H47N3O2. The maximum Gasteiger partial charge on any atom is 0.159 e. The number of aromatic nitrogens is 2. The van der Waals surface area contributed by atoms with Crippen molar-refractivity contribution < 1.29 is 9.90 Å². The van der Waals surface area contributed by atoms with Crippen LogP contribution in [-0.4, -0.2) is 20.7 Å². The second-order valence-corrected chi connectivity index (χ2v) is 15.5. The molecule has 3 saturated carbocycles. The first kappa shape index (κ1) is 26.9. The van der Waals surface area contributed by atoms with Crippen molar-refractivity contribution in [3.8, 4) is 6.07 Å². The molecule has 9 atom stereocenters. The predicted molar refractivity (Wildman–Crippen MR) is 152 cm³/mol. The quantitative estimate of drug-likeness (QED) is 0.426. The third-order valence-electron chi connectivity index (χ3n) is 13.7. The number of nitriles is 1. The van der Waals surface area contributed by atoms with Gasteiger partial charge >= 0.3 is 0 Å². The van der Waals surface area contributed by atoms with Gasteiger partial charge in [0.25, 0.3) is 0 Å². The lowest BCUT2D eigenvalue weighted by molar-refractivity contribution is -0.181. The number of carbonyl (C=O) groups excluding carboxylic acids is 1. The molecule has 5 aliphatic carbocycles. The lowest BCUT2D eigenvalue weighted by atomic mass is 9.33. The molecule has 0 amide bonds. The first-order valence-electron chi connectivity index (χ1n) is 15.3. The normalized spacial score (nSPS) is 46.8. The van der Waals surface area contributed by atoms with Gasteiger partial charge in [-0.2, -0.15) is 10.4 Å². The van der Waals surface area contributed by atoms with Crippen molar-refractivity contribution in [2.75, 3.05) is 0 Å². The van der Waals surface area contributed by atoms with Crippen LogP contribution in [0.3, 0.4) is 0 Å². The third-order valence-corrected chi connectivity index (χ3v) is 13.7. The lowest BCUT2D eigenvalue weighted by Crippen LogP contribution is -2.65. The Bertz CT molecular complexity index is 1300. The molecule has 39 heavy (non-hydrogen) atoms. The van der Waals surface area contributed by atoms with Crippen molar-refractivity contribution in [1.82, 2.24) is 9.78 Å². The molecule has 5 aliphatic rings. The number of rotatable bonds is 2. The van der Waals surface area contributed by atoms with Gasteiger partial charge in [0, 0.05) is 30.3 Å². The Morgan fingerprint density at radius 3 is 2.51 bits per heavy atom. The standard InChI is InChI=1S/C34H47N3O2/c1-21-9-12-34(20-37-16-8-15-36-37)14-13-33(7)28(27(34)22(21)2)24(38)17-26-31(5)18-23(19-35)29(39)30(3,4)25(31)10-11-32(26,33)6/h8,15-17,21-22,25,27-28,39H,9-14,18,20H2,1-7H3/t21-,22+,25+,27+,28-,31+,32-,33-,34-/m1/s1. The SMILES string of the molecule is C[C@@H]1[C@H]2[C@H]3C(=O)C=C4[C@@]5(C)CC(C#N)=C(O)C(C)(C)[C@@H]5CC[C@@]4(C)[C@]3(C)CC[C@@]2(Cn2cccn2)CC[C@H]1C. The van der Waals surface area contributed by atoms with Crippen LogP contribution in [0.4, 0.5) is 0 Å². The number of fused-ring (bicyclic) bond motifs is 7. The Hall–Kier alpha value is -2.35. The van der Waals surface area contributed by atoms with Crippen molar-refractivity contribution in [1.29, 1.82) is 5.26 Å². The molecule has 0 aromatic carbocycles. The van der Waals surface area contributed by atoms with Crippen LogP contribution >= 0.6 is 0 Å². The van der Waals surface area contributed by atoms with Crippen molar-refractivity contribution >= 4 is 5.78 Å². The van der Waals surface area contributed by atoms with Crippen LogP contribution in [0.1, 0.15) is 93.4 Å². The molecule has 0 unspecified atom stereocenters. The molecule has 1 aromatic heterocycles. The Morgan fingerprint density at radius 2 is 1.85 bits per heavy atom. The number of aliphatic hydroxyl groups is 1. The zero-order valence-corrected chi connectivity index (χ0v) is 25.1. The van der Waals surface area contributed by atoms with Gasteiger partial charge in [0.2, 0.25) is 0 Å². The molecule has 1 aromatic rings. The largest absolute Gasteiger partial charge is 0.511 e. The molecule has 1 N–H and O–H groups in total. The fraction of sp³-hybridized carbons (Fsp3) is 0.735. The van der Waals surface area contributed by atoms with Crippen molar-refractivity contribution in [2.45, 2.75) is 100.0 Å². The van der Waals surface area contributed by atoms with E-state index in [1.165, 1.54) is 18.4 Å². The van der Waals surface area contributed by atoms with E-state index < -0.39 is 5.41 Å². The molecule has 0 saturated heterocycles. The van der Waals surface area contributed by atoms with E-state index in [9.17, 15) is 15.2 Å². The lowest BCUT2D eigenvalue weighted by Gasteiger charge is -2.70. The molecule has 6 rings (SSSR count). The van der Waals surface area contributed by atoms with Gasteiger partial charge in [0.1, 0.15) is 5.76 Å². The zero-order chi connectivity index (χ0) is 28.2. The predicted octanol–water partition coefficient (Wildman–Crippen LogP) is 7.67. The Labute approximate surface area is 234 Å². The highest BCUT2D eigenvalue weighted by atomic mass is 16.3. The van der Waals surface area contributed by atoms with E-state index in [0.29, 0.717) is 35.5 Å². The van der Waals surface area contributed by atoms with Crippen LogP contribution in [0.15, 0.2) is 41.4 Å². The van der Waals surface area contributed by atoms with E-state index in [1.54, 1.807) is 0 Å². The van der Waals surface area contributed by atoms with Crippen molar-refractivity contribution in [3.05, 3.63) is 41.4 Å². The van der Waals surface area contributed by atoms with Crippen LogP contribution in [-0.2, 0) is 11.3 Å². The van der Waals surface area contributed by atoms with Crippen LogP contribution in [0.25, 0.3) is 0 Å². The number of allylic oxidation sites excluding steroid dienone is 4. The molecule has 5 nitrogen and oxygen atoms in total. The summed E-state index contributed by atoms with van der Waals surface area (Å²) < 4.78 is 2.12. The van der Waals surface area contributed by atoms with Gasteiger partial charge < -0.3 is 5.11 Å². The second kappa shape index (κ2) is 8.34. The minimum atomic E-state index is -0.486. The minimum Gasteiger partial charge on any atom is -0.511 e. The van der Waals surface area contributed by atoms with Gasteiger partial charge in [-0.25, -0.2) is 0 Å². The smallest absolute Gasteiger partial charge is 0.159 e. The van der Waals surface area contributed by atoms with Crippen LogP contribution < -0.4 is 0 Å². The molecule has 0 spiro atoms. The monoisotopic (exact) mass is 529 g/mol. The summed E-state index contributed by atoms with van der Waals surface area (Å²) in [5.41, 5.74) is 0.812. The van der Waals surface area contributed by atoms with Crippen molar-refractivity contribution in [2.24, 2.45) is 56.7 Å². The number of aliphatic hydroxyl groups excluding tert-OH is 1. The maximum absolute atomic E-state index is 14.7. The zero-order valence-electron chi connectivity index (χ0n) is 25.1. The van der Waals surface area contributed by atoms with Gasteiger partial charge in [-0.3, -0.25) is 9.48 Å². The van der Waals surface area contributed by atoms with Crippen LogP contribution in [0.2, 0.25) is 0 Å². The van der Waals surface area contributed by atoms with Crippen LogP contribution in [0, 0.1) is 68.0 Å². The number of ketones is 1. The van der Waals surface area contributed by atoms with Gasteiger partial charge in [-0.05, 0) is 102 Å². The van der Waals surface area contributed by atoms with E-state index >= 15 is 0 Å². The van der Waals surface area contributed by atoms with Gasteiger partial charge in [-0.15, -0.1) is 0 Å². The minimum absolute atomic E-state index is 0.00412. The fourth-order valence-electron chi connectivity index (χ4n) is 11.3. The summed E-state index contributed by atoms with van der Waals surface area (Å²) in [7, 11) is 0. The second-order valence-electron chi connectivity index (χ2n) is 15.5. The summed E-state index contributed by atoms with van der Waals surface area (Å²) in [4.78, 5) is 14.7. The van der Waals surface area contributed by atoms with Crippen molar-refractivity contribution in [3.63, 3.8) is 0 Å². The first-order valence-corrected chi connectivity index (χ1v) is 15.3. The summed E-state index contributed by atoms with van der Waals surface area (Å²) in [6.45, 7) is 17.1. The van der Waals surface area contributed by atoms with Gasteiger partial charge in [0.15, 0.2) is 5.78 Å². The summed E-state index contributed by atoms with van der Waals surface area (Å²) >= 11 is 0. The van der Waals surface area contributed by atoms with E-state index in [0.717, 1.165) is 32.2 Å². The molecule has 0 radical (unpaired) electrons. The number of nitrogens with zero attached hydrogens (tertiary/aromatic N) is 3.